The van der Waals surface area contributed by atoms with Crippen LogP contribution in [0.4, 0.5) is 5.69 Å². The van der Waals surface area contributed by atoms with Crippen LogP contribution in [-0.4, -0.2) is 12.0 Å². The molecule has 2 aromatic rings. The van der Waals surface area contributed by atoms with Gasteiger partial charge in [0.1, 0.15) is 5.75 Å². The van der Waals surface area contributed by atoms with Crippen LogP contribution in [0.2, 0.25) is 0 Å². The van der Waals surface area contributed by atoms with Crippen molar-refractivity contribution in [2.75, 3.05) is 5.32 Å². The van der Waals surface area contributed by atoms with Gasteiger partial charge in [0, 0.05) is 5.69 Å². The monoisotopic (exact) mass is 339 g/mol. The lowest BCUT2D eigenvalue weighted by atomic mass is 9.87. The first-order chi connectivity index (χ1) is 11.7. The summed E-state index contributed by atoms with van der Waals surface area (Å²) in [4.78, 5) is 12.3. The molecule has 1 N–H and O–H groups in total. The largest absolute Gasteiger partial charge is 0.481 e. The minimum Gasteiger partial charge on any atom is -0.481 e. The molecule has 0 radical (unpaired) electrons. The number of ether oxygens (including phenoxy) is 1. The maximum atomic E-state index is 12.3. The maximum Gasteiger partial charge on any atom is 0.265 e. The third-order valence-electron chi connectivity index (χ3n) is 4.25. The Bertz CT molecular complexity index is 694. The highest BCUT2D eigenvalue weighted by atomic mass is 16.5. The molecule has 134 valence electrons. The molecule has 0 fully saturated rings. The van der Waals surface area contributed by atoms with Gasteiger partial charge in [0.2, 0.25) is 0 Å². The smallest absolute Gasteiger partial charge is 0.265 e. The maximum absolute atomic E-state index is 12.3. The van der Waals surface area contributed by atoms with Crippen molar-refractivity contribution in [2.24, 2.45) is 0 Å². The van der Waals surface area contributed by atoms with Gasteiger partial charge >= 0.3 is 0 Å². The lowest BCUT2D eigenvalue weighted by Gasteiger charge is -2.20. The topological polar surface area (TPSA) is 38.3 Å². The van der Waals surface area contributed by atoms with E-state index in [1.165, 1.54) is 11.1 Å². The Kier molecular flexibility index (Phi) is 5.89. The summed E-state index contributed by atoms with van der Waals surface area (Å²) in [5.41, 5.74) is 3.38. The predicted octanol–water partition coefficient (Wildman–Crippen LogP) is 5.51. The fraction of sp³-hybridized carbons (Fsp3) is 0.409. The molecule has 0 aliphatic rings. The van der Waals surface area contributed by atoms with Gasteiger partial charge in [-0.2, -0.15) is 0 Å². The predicted molar refractivity (Wildman–Crippen MR) is 104 cm³/mol. The van der Waals surface area contributed by atoms with Crippen LogP contribution in [0.1, 0.15) is 58.6 Å². The highest BCUT2D eigenvalue weighted by molar-refractivity contribution is 5.94. The Morgan fingerprint density at radius 2 is 1.48 bits per heavy atom. The second-order valence-electron chi connectivity index (χ2n) is 7.80. The summed E-state index contributed by atoms with van der Waals surface area (Å²) in [6.07, 6.45) is -0.565. The zero-order chi connectivity index (χ0) is 18.6. The first-order valence-corrected chi connectivity index (χ1v) is 8.85. The molecular weight excluding hydrogens is 310 g/mol. The van der Waals surface area contributed by atoms with Gasteiger partial charge in [-0.1, -0.05) is 58.9 Å². The number of anilines is 1. The van der Waals surface area contributed by atoms with E-state index in [1.807, 2.05) is 48.5 Å². The van der Waals surface area contributed by atoms with Crippen molar-refractivity contribution in [3.05, 3.63) is 59.7 Å². The number of carbonyl (C=O) groups excluding carboxylic acids is 1. The molecule has 0 heterocycles. The number of amides is 1. The van der Waals surface area contributed by atoms with Gasteiger partial charge in [0.25, 0.3) is 5.91 Å². The Morgan fingerprint density at radius 3 is 1.96 bits per heavy atom. The minimum absolute atomic E-state index is 0.101. The first kappa shape index (κ1) is 19.0. The molecule has 0 aromatic heterocycles. The third kappa shape index (κ3) is 5.35. The lowest BCUT2D eigenvalue weighted by Crippen LogP contribution is -2.30. The van der Waals surface area contributed by atoms with E-state index in [2.05, 4.69) is 39.9 Å². The lowest BCUT2D eigenvalue weighted by molar-refractivity contribution is -0.122. The normalized spacial score (nSPS) is 12.8. The standard InChI is InChI=1S/C22H29NO2/c1-15(2)17-7-11-19(12-8-17)23-21(24)16(3)25-20-13-9-18(10-14-20)22(4,5)6/h7-16H,1-6H3,(H,23,24)/t16-/m1/s1. The molecule has 1 amide bonds. The van der Waals surface area contributed by atoms with Crippen LogP contribution in [0.25, 0.3) is 0 Å². The molecular formula is C22H29NO2. The van der Waals surface area contributed by atoms with E-state index in [0.29, 0.717) is 11.7 Å². The van der Waals surface area contributed by atoms with Crippen LogP contribution in [0, 0.1) is 0 Å². The second-order valence-corrected chi connectivity index (χ2v) is 7.80. The van der Waals surface area contributed by atoms with Gasteiger partial charge in [-0.15, -0.1) is 0 Å². The van der Waals surface area contributed by atoms with Crippen molar-refractivity contribution in [2.45, 2.75) is 59.0 Å². The molecule has 0 saturated heterocycles. The van der Waals surface area contributed by atoms with Crippen LogP contribution in [0.15, 0.2) is 48.5 Å². The summed E-state index contributed by atoms with van der Waals surface area (Å²) in [6.45, 7) is 12.6. The van der Waals surface area contributed by atoms with Gasteiger partial charge < -0.3 is 10.1 Å². The van der Waals surface area contributed by atoms with Crippen LogP contribution < -0.4 is 10.1 Å². The summed E-state index contributed by atoms with van der Waals surface area (Å²) in [5.74, 6) is 1.02. The Hall–Kier alpha value is -2.29. The molecule has 25 heavy (non-hydrogen) atoms. The fourth-order valence-electron chi connectivity index (χ4n) is 2.49. The number of benzene rings is 2. The summed E-state index contributed by atoms with van der Waals surface area (Å²) < 4.78 is 5.77. The van der Waals surface area contributed by atoms with E-state index < -0.39 is 6.10 Å². The quantitative estimate of drug-likeness (QED) is 0.779. The van der Waals surface area contributed by atoms with E-state index in [0.717, 1.165) is 5.69 Å². The summed E-state index contributed by atoms with van der Waals surface area (Å²) >= 11 is 0. The molecule has 2 aromatic carbocycles. The van der Waals surface area contributed by atoms with Crippen LogP contribution in [0.3, 0.4) is 0 Å². The van der Waals surface area contributed by atoms with Gasteiger partial charge in [0.15, 0.2) is 6.10 Å². The Labute approximate surface area is 151 Å². The molecule has 3 heteroatoms. The Morgan fingerprint density at radius 1 is 0.920 bits per heavy atom. The van der Waals surface area contributed by atoms with Crippen molar-refractivity contribution in [1.82, 2.24) is 0 Å². The number of hydrogen-bond donors (Lipinski definition) is 1. The van der Waals surface area contributed by atoms with Crippen molar-refractivity contribution >= 4 is 11.6 Å². The Balaban J connectivity index is 1.95. The SMILES string of the molecule is CC(C)c1ccc(NC(=O)[C@@H](C)Oc2ccc(C(C)(C)C)cc2)cc1. The molecule has 3 nitrogen and oxygen atoms in total. The zero-order valence-corrected chi connectivity index (χ0v) is 16.1. The highest BCUT2D eigenvalue weighted by Crippen LogP contribution is 2.25. The average Bonchev–Trinajstić information content (AvgIpc) is 2.55. The fourth-order valence-corrected chi connectivity index (χ4v) is 2.49. The van der Waals surface area contributed by atoms with Crippen molar-refractivity contribution in [1.29, 1.82) is 0 Å². The van der Waals surface area contributed by atoms with Gasteiger partial charge in [0.05, 0.1) is 0 Å². The number of nitrogens with one attached hydrogen (secondary N) is 1. The summed E-state index contributed by atoms with van der Waals surface area (Å²) in [5, 5.41) is 2.90. The molecule has 0 aliphatic heterocycles. The highest BCUT2D eigenvalue weighted by Gasteiger charge is 2.17. The first-order valence-electron chi connectivity index (χ1n) is 8.85. The van der Waals surface area contributed by atoms with Crippen LogP contribution >= 0.6 is 0 Å². The summed E-state index contributed by atoms with van der Waals surface area (Å²) in [6, 6.07) is 15.9. The molecule has 0 aliphatic carbocycles. The molecule has 0 spiro atoms. The minimum atomic E-state index is -0.565. The molecule has 0 bridgehead atoms. The van der Waals surface area contributed by atoms with E-state index in [-0.39, 0.29) is 11.3 Å². The number of rotatable bonds is 5. The van der Waals surface area contributed by atoms with Gasteiger partial charge in [-0.05, 0) is 53.6 Å². The van der Waals surface area contributed by atoms with Gasteiger partial charge in [-0.3, -0.25) is 4.79 Å². The number of hydrogen-bond acceptors (Lipinski definition) is 2. The number of carbonyl (C=O) groups is 1. The van der Waals surface area contributed by atoms with Crippen molar-refractivity contribution < 1.29 is 9.53 Å². The van der Waals surface area contributed by atoms with E-state index in [4.69, 9.17) is 4.74 Å². The van der Waals surface area contributed by atoms with Crippen LogP contribution in [-0.2, 0) is 10.2 Å². The van der Waals surface area contributed by atoms with E-state index >= 15 is 0 Å². The second kappa shape index (κ2) is 7.73. The van der Waals surface area contributed by atoms with Crippen LogP contribution in [0.5, 0.6) is 5.75 Å². The van der Waals surface area contributed by atoms with Crippen molar-refractivity contribution in [3.63, 3.8) is 0 Å². The molecule has 2 rings (SSSR count). The molecule has 1 atom stereocenters. The molecule has 0 unspecified atom stereocenters. The third-order valence-corrected chi connectivity index (χ3v) is 4.25. The van der Waals surface area contributed by atoms with Gasteiger partial charge in [-0.25, -0.2) is 0 Å². The van der Waals surface area contributed by atoms with E-state index in [9.17, 15) is 4.79 Å². The summed E-state index contributed by atoms with van der Waals surface area (Å²) in [7, 11) is 0. The van der Waals surface area contributed by atoms with Crippen molar-refractivity contribution in [3.8, 4) is 5.75 Å². The van der Waals surface area contributed by atoms with E-state index in [1.54, 1.807) is 6.92 Å². The molecule has 0 saturated carbocycles. The zero-order valence-electron chi connectivity index (χ0n) is 16.1. The average molecular weight is 339 g/mol.